The van der Waals surface area contributed by atoms with Gasteiger partial charge in [-0.1, -0.05) is 54.4 Å². The monoisotopic (exact) mass is 387 g/mol. The number of hydrogen-bond acceptors (Lipinski definition) is 4. The molecular formula is C21H25NO4S. The average molecular weight is 388 g/mol. The first kappa shape index (κ1) is 19.6. The third kappa shape index (κ3) is 4.39. The van der Waals surface area contributed by atoms with Crippen molar-refractivity contribution in [1.82, 2.24) is 4.31 Å². The van der Waals surface area contributed by atoms with Crippen LogP contribution < -0.4 is 0 Å². The van der Waals surface area contributed by atoms with E-state index < -0.39 is 22.0 Å². The number of rotatable bonds is 8. The number of aryl methyl sites for hydroxylation is 2. The summed E-state index contributed by atoms with van der Waals surface area (Å²) in [7, 11) is -2.40. The van der Waals surface area contributed by atoms with Crippen molar-refractivity contribution in [2.45, 2.75) is 49.6 Å². The van der Waals surface area contributed by atoms with Crippen molar-refractivity contribution in [2.75, 3.05) is 7.11 Å². The Bertz CT molecular complexity index is 878. The highest BCUT2D eigenvalue weighted by Crippen LogP contribution is 2.39. The first-order valence-electron chi connectivity index (χ1n) is 9.17. The maximum absolute atomic E-state index is 12.9. The van der Waals surface area contributed by atoms with Crippen molar-refractivity contribution in [3.8, 4) is 0 Å². The minimum atomic E-state index is -3.69. The predicted octanol–water partition coefficient (Wildman–Crippen LogP) is 3.32. The molecule has 144 valence electrons. The van der Waals surface area contributed by atoms with E-state index in [0.29, 0.717) is 6.42 Å². The summed E-state index contributed by atoms with van der Waals surface area (Å²) in [6, 6.07) is 15.9. The fourth-order valence-corrected chi connectivity index (χ4v) is 5.18. The lowest BCUT2D eigenvalue weighted by molar-refractivity contribution is -0.140. The third-order valence-corrected chi connectivity index (χ3v) is 6.89. The van der Waals surface area contributed by atoms with Gasteiger partial charge in [0, 0.05) is 0 Å². The van der Waals surface area contributed by atoms with Crippen LogP contribution in [0.3, 0.4) is 0 Å². The summed E-state index contributed by atoms with van der Waals surface area (Å²) >= 11 is 0. The SMILES string of the molecule is COC(=O)[C@@H]1[C@H](CCCCc2ccccc2)N1S(=O)(=O)c1ccc(C)cc1. The minimum absolute atomic E-state index is 0.216. The van der Waals surface area contributed by atoms with Crippen LogP contribution in [0.2, 0.25) is 0 Å². The smallest absolute Gasteiger partial charge is 0.325 e. The molecule has 5 nitrogen and oxygen atoms in total. The maximum Gasteiger partial charge on any atom is 0.325 e. The van der Waals surface area contributed by atoms with Gasteiger partial charge in [0.2, 0.25) is 10.0 Å². The molecule has 0 spiro atoms. The molecule has 0 amide bonds. The molecule has 27 heavy (non-hydrogen) atoms. The Kier molecular flexibility index (Phi) is 5.97. The van der Waals surface area contributed by atoms with E-state index in [4.69, 9.17) is 4.74 Å². The van der Waals surface area contributed by atoms with E-state index in [1.54, 1.807) is 24.3 Å². The Morgan fingerprint density at radius 1 is 1.04 bits per heavy atom. The molecule has 2 aromatic carbocycles. The summed E-state index contributed by atoms with van der Waals surface area (Å²) in [5.74, 6) is -0.487. The second-order valence-corrected chi connectivity index (χ2v) is 8.76. The average Bonchev–Trinajstić information content (AvgIpc) is 3.41. The first-order valence-corrected chi connectivity index (χ1v) is 10.6. The van der Waals surface area contributed by atoms with Gasteiger partial charge in [-0.15, -0.1) is 0 Å². The van der Waals surface area contributed by atoms with Gasteiger partial charge in [-0.3, -0.25) is 4.79 Å². The standard InChI is InChI=1S/C21H25NO4S/c1-16-12-14-18(15-13-16)27(24,25)22-19(20(22)21(23)26-2)11-7-6-10-17-8-4-3-5-9-17/h3-5,8-9,12-15,19-20H,6-7,10-11H2,1-2H3/t19-,20-,22?/m0/s1. The van der Waals surface area contributed by atoms with Crippen LogP contribution in [0, 0.1) is 6.92 Å². The maximum atomic E-state index is 12.9. The fraction of sp³-hybridized carbons (Fsp3) is 0.381. The predicted molar refractivity (Wildman–Crippen MR) is 104 cm³/mol. The normalized spacial score (nSPS) is 21.6. The van der Waals surface area contributed by atoms with Crippen LogP contribution in [-0.4, -0.2) is 37.9 Å². The molecule has 0 radical (unpaired) electrons. The summed E-state index contributed by atoms with van der Waals surface area (Å²) < 4.78 is 32.0. The van der Waals surface area contributed by atoms with Gasteiger partial charge in [-0.25, -0.2) is 8.42 Å². The minimum Gasteiger partial charge on any atom is -0.468 e. The molecule has 1 aliphatic rings. The van der Waals surface area contributed by atoms with Crippen LogP contribution in [0.1, 0.15) is 30.4 Å². The highest BCUT2D eigenvalue weighted by molar-refractivity contribution is 7.89. The van der Waals surface area contributed by atoms with Gasteiger partial charge in [-0.2, -0.15) is 4.31 Å². The first-order chi connectivity index (χ1) is 12.9. The highest BCUT2D eigenvalue weighted by Gasteiger charge is 2.59. The number of carbonyl (C=O) groups is 1. The molecule has 3 rings (SSSR count). The van der Waals surface area contributed by atoms with Crippen LogP contribution >= 0.6 is 0 Å². The summed E-state index contributed by atoms with van der Waals surface area (Å²) in [6.07, 6.45) is 3.40. The lowest BCUT2D eigenvalue weighted by Gasteiger charge is -2.07. The lowest BCUT2D eigenvalue weighted by Crippen LogP contribution is -2.20. The molecule has 6 heteroatoms. The van der Waals surface area contributed by atoms with Gasteiger partial charge in [0.1, 0.15) is 6.04 Å². The molecule has 1 unspecified atom stereocenters. The highest BCUT2D eigenvalue weighted by atomic mass is 32.2. The van der Waals surface area contributed by atoms with Crippen LogP contribution in [0.15, 0.2) is 59.5 Å². The Labute approximate surface area is 161 Å². The van der Waals surface area contributed by atoms with E-state index in [2.05, 4.69) is 12.1 Å². The molecule has 0 saturated carbocycles. The van der Waals surface area contributed by atoms with Gasteiger partial charge in [0.25, 0.3) is 0 Å². The second-order valence-electron chi connectivity index (χ2n) is 6.91. The van der Waals surface area contributed by atoms with Crippen molar-refractivity contribution in [2.24, 2.45) is 0 Å². The molecule has 1 saturated heterocycles. The zero-order valence-corrected chi connectivity index (χ0v) is 16.5. The van der Waals surface area contributed by atoms with Crippen LogP contribution in [0.25, 0.3) is 0 Å². The zero-order chi connectivity index (χ0) is 19.4. The Morgan fingerprint density at radius 2 is 1.70 bits per heavy atom. The largest absolute Gasteiger partial charge is 0.468 e. The lowest BCUT2D eigenvalue weighted by atomic mass is 10.1. The number of unbranched alkanes of at least 4 members (excludes halogenated alkanes) is 1. The molecule has 1 fully saturated rings. The van der Waals surface area contributed by atoms with E-state index in [1.807, 2.05) is 25.1 Å². The molecule has 1 heterocycles. The molecule has 0 aromatic heterocycles. The van der Waals surface area contributed by atoms with Crippen molar-refractivity contribution in [1.29, 1.82) is 0 Å². The summed E-state index contributed by atoms with van der Waals surface area (Å²) in [5.41, 5.74) is 2.25. The summed E-state index contributed by atoms with van der Waals surface area (Å²) in [4.78, 5) is 12.3. The molecule has 0 aliphatic carbocycles. The van der Waals surface area contributed by atoms with Crippen molar-refractivity contribution < 1.29 is 17.9 Å². The van der Waals surface area contributed by atoms with Gasteiger partial charge >= 0.3 is 5.97 Å². The number of esters is 1. The topological polar surface area (TPSA) is 63.5 Å². The Morgan fingerprint density at radius 3 is 2.33 bits per heavy atom. The number of sulfonamides is 1. The molecule has 3 atom stereocenters. The zero-order valence-electron chi connectivity index (χ0n) is 15.7. The molecule has 1 aliphatic heterocycles. The number of carbonyl (C=O) groups excluding carboxylic acids is 1. The van der Waals surface area contributed by atoms with E-state index in [9.17, 15) is 13.2 Å². The number of nitrogens with zero attached hydrogens (tertiary/aromatic N) is 1. The molecular weight excluding hydrogens is 362 g/mol. The molecule has 2 aromatic rings. The van der Waals surface area contributed by atoms with Crippen LogP contribution in [0.4, 0.5) is 0 Å². The van der Waals surface area contributed by atoms with Crippen molar-refractivity contribution >= 4 is 16.0 Å². The van der Waals surface area contributed by atoms with Crippen LogP contribution in [-0.2, 0) is 26.0 Å². The van der Waals surface area contributed by atoms with Crippen LogP contribution in [0.5, 0.6) is 0 Å². The third-order valence-electron chi connectivity index (χ3n) is 4.97. The Hall–Kier alpha value is -2.18. The molecule has 0 N–H and O–H groups in total. The number of benzene rings is 2. The number of ether oxygens (including phenoxy) is 1. The van der Waals surface area contributed by atoms with Crippen molar-refractivity contribution in [3.63, 3.8) is 0 Å². The van der Waals surface area contributed by atoms with E-state index in [1.165, 1.54) is 17.0 Å². The van der Waals surface area contributed by atoms with E-state index in [0.717, 1.165) is 24.8 Å². The van der Waals surface area contributed by atoms with Gasteiger partial charge in [0.05, 0.1) is 18.0 Å². The second kappa shape index (κ2) is 8.23. The van der Waals surface area contributed by atoms with E-state index in [-0.39, 0.29) is 10.9 Å². The molecule has 0 bridgehead atoms. The fourth-order valence-electron chi connectivity index (χ4n) is 3.41. The number of hydrogen-bond donors (Lipinski definition) is 0. The van der Waals surface area contributed by atoms with Gasteiger partial charge < -0.3 is 4.74 Å². The van der Waals surface area contributed by atoms with E-state index >= 15 is 0 Å². The van der Waals surface area contributed by atoms with Gasteiger partial charge in [-0.05, 0) is 43.9 Å². The Balaban J connectivity index is 1.64. The van der Waals surface area contributed by atoms with Gasteiger partial charge in [0.15, 0.2) is 0 Å². The summed E-state index contributed by atoms with van der Waals surface area (Å²) in [5, 5.41) is 0. The number of methoxy groups -OCH3 is 1. The van der Waals surface area contributed by atoms with Crippen molar-refractivity contribution in [3.05, 3.63) is 65.7 Å². The quantitative estimate of drug-likeness (QED) is 0.396. The summed E-state index contributed by atoms with van der Waals surface area (Å²) in [6.45, 7) is 1.90.